The van der Waals surface area contributed by atoms with E-state index < -0.39 is 11.7 Å². The highest BCUT2D eigenvalue weighted by Gasteiger charge is 2.52. The van der Waals surface area contributed by atoms with Gasteiger partial charge in [-0.1, -0.05) is 31.5 Å². The Morgan fingerprint density at radius 2 is 2.26 bits per heavy atom. The minimum absolute atomic E-state index is 0.0503. The fourth-order valence-corrected chi connectivity index (χ4v) is 3.21. The Morgan fingerprint density at radius 1 is 1.47 bits per heavy atom. The Hall–Kier alpha value is -1.39. The zero-order valence-electron chi connectivity index (χ0n) is 11.1. The fraction of sp³-hybridized carbons (Fsp3) is 0.533. The van der Waals surface area contributed by atoms with Crippen LogP contribution in [-0.2, 0) is 15.1 Å². The third kappa shape index (κ3) is 1.95. The molecule has 2 N–H and O–H groups in total. The van der Waals surface area contributed by atoms with Crippen LogP contribution < -0.4 is 5.32 Å². The summed E-state index contributed by atoms with van der Waals surface area (Å²) in [5, 5.41) is 13.0. The molecular weight excluding hydrogens is 242 g/mol. The Balaban J connectivity index is 1.99. The number of rotatable bonds is 2. The molecule has 2 aliphatic heterocycles. The summed E-state index contributed by atoms with van der Waals surface area (Å²) < 4.78 is 6.11. The quantitative estimate of drug-likeness (QED) is 0.857. The summed E-state index contributed by atoms with van der Waals surface area (Å²) in [4.78, 5) is 12.4. The van der Waals surface area contributed by atoms with Gasteiger partial charge in [0.2, 0.25) is 0 Å². The molecular formula is C15H19NO3. The molecule has 3 atom stereocenters. The van der Waals surface area contributed by atoms with Crippen LogP contribution >= 0.6 is 0 Å². The van der Waals surface area contributed by atoms with Gasteiger partial charge < -0.3 is 15.2 Å². The van der Waals surface area contributed by atoms with Gasteiger partial charge in [0.05, 0.1) is 12.2 Å². The van der Waals surface area contributed by atoms with Crippen molar-refractivity contribution in [3.63, 3.8) is 0 Å². The summed E-state index contributed by atoms with van der Waals surface area (Å²) in [7, 11) is 0. The van der Waals surface area contributed by atoms with Gasteiger partial charge in [-0.05, 0) is 18.9 Å². The minimum atomic E-state index is -0.992. The van der Waals surface area contributed by atoms with Crippen molar-refractivity contribution in [2.45, 2.75) is 50.4 Å². The second kappa shape index (κ2) is 4.62. The van der Waals surface area contributed by atoms with Crippen molar-refractivity contribution in [2.24, 2.45) is 0 Å². The predicted molar refractivity (Wildman–Crippen MR) is 71.8 cm³/mol. The number of carbonyl (C=O) groups excluding carboxylic acids is 1. The molecule has 19 heavy (non-hydrogen) atoms. The van der Waals surface area contributed by atoms with Gasteiger partial charge in [-0.15, -0.1) is 0 Å². The second-order valence-corrected chi connectivity index (χ2v) is 5.45. The van der Waals surface area contributed by atoms with E-state index in [0.29, 0.717) is 12.8 Å². The van der Waals surface area contributed by atoms with E-state index in [9.17, 15) is 9.90 Å². The zero-order chi connectivity index (χ0) is 13.5. The van der Waals surface area contributed by atoms with Crippen LogP contribution in [0.4, 0.5) is 5.69 Å². The van der Waals surface area contributed by atoms with Gasteiger partial charge in [-0.3, -0.25) is 4.79 Å². The standard InChI is InChI=1S/C15H19NO3/c1-2-5-11-8-10(17)9-15(19-11)12-6-3-4-7-13(12)16-14(15)18/h3-4,6-7,10-11,17H,2,5,8-9H2,1H3,(H,16,18)/t10-,11+,15?/m1/s1. The summed E-state index contributed by atoms with van der Waals surface area (Å²) in [6.45, 7) is 2.08. The van der Waals surface area contributed by atoms with E-state index in [-0.39, 0.29) is 12.0 Å². The smallest absolute Gasteiger partial charge is 0.261 e. The Kier molecular flexibility index (Phi) is 3.07. The summed E-state index contributed by atoms with van der Waals surface area (Å²) in [6, 6.07) is 7.58. The number of fused-ring (bicyclic) bond motifs is 2. The number of ether oxygens (including phenoxy) is 1. The number of para-hydroxylation sites is 1. The molecule has 4 nitrogen and oxygen atoms in total. The van der Waals surface area contributed by atoms with E-state index in [1.807, 2.05) is 24.3 Å². The van der Waals surface area contributed by atoms with Crippen LogP contribution in [0.1, 0.15) is 38.2 Å². The van der Waals surface area contributed by atoms with Crippen LogP contribution in [0, 0.1) is 0 Å². The van der Waals surface area contributed by atoms with E-state index in [1.54, 1.807) is 0 Å². The SMILES string of the molecule is CCC[C@H]1C[C@@H](O)CC2(O1)C(=O)Nc1ccccc12. The molecule has 1 unspecified atom stereocenters. The number of amides is 1. The molecule has 0 bridgehead atoms. The number of anilines is 1. The van der Waals surface area contributed by atoms with Crippen molar-refractivity contribution in [3.8, 4) is 0 Å². The minimum Gasteiger partial charge on any atom is -0.393 e. The topological polar surface area (TPSA) is 58.6 Å². The Bertz CT molecular complexity index is 502. The zero-order valence-corrected chi connectivity index (χ0v) is 11.1. The van der Waals surface area contributed by atoms with Crippen LogP contribution in [0.25, 0.3) is 0 Å². The van der Waals surface area contributed by atoms with Crippen LogP contribution in [0.15, 0.2) is 24.3 Å². The molecule has 3 rings (SSSR count). The highest BCUT2D eigenvalue weighted by molar-refractivity contribution is 6.05. The molecule has 2 aliphatic rings. The highest BCUT2D eigenvalue weighted by Crippen LogP contribution is 2.46. The molecule has 1 aromatic carbocycles. The molecule has 4 heteroatoms. The van der Waals surface area contributed by atoms with Crippen LogP contribution in [0.3, 0.4) is 0 Å². The molecule has 1 amide bonds. The normalized spacial score (nSPS) is 33.3. The average molecular weight is 261 g/mol. The van der Waals surface area contributed by atoms with Crippen LogP contribution in [-0.4, -0.2) is 23.2 Å². The van der Waals surface area contributed by atoms with Gasteiger partial charge in [-0.25, -0.2) is 0 Å². The van der Waals surface area contributed by atoms with Gasteiger partial charge in [0, 0.05) is 17.7 Å². The van der Waals surface area contributed by atoms with Crippen molar-refractivity contribution in [3.05, 3.63) is 29.8 Å². The second-order valence-electron chi connectivity index (χ2n) is 5.45. The van der Waals surface area contributed by atoms with Gasteiger partial charge in [0.25, 0.3) is 5.91 Å². The van der Waals surface area contributed by atoms with E-state index in [0.717, 1.165) is 24.1 Å². The van der Waals surface area contributed by atoms with Gasteiger partial charge in [0.1, 0.15) is 0 Å². The molecule has 0 aliphatic carbocycles. The fourth-order valence-electron chi connectivity index (χ4n) is 3.21. The number of benzene rings is 1. The molecule has 102 valence electrons. The Labute approximate surface area is 112 Å². The first-order valence-corrected chi connectivity index (χ1v) is 6.92. The number of aliphatic hydroxyl groups is 1. The monoisotopic (exact) mass is 261 g/mol. The van der Waals surface area contributed by atoms with Crippen molar-refractivity contribution in [1.82, 2.24) is 0 Å². The average Bonchev–Trinajstić information content (AvgIpc) is 2.62. The first-order chi connectivity index (χ1) is 9.15. The van der Waals surface area contributed by atoms with Crippen molar-refractivity contribution < 1.29 is 14.6 Å². The highest BCUT2D eigenvalue weighted by atomic mass is 16.5. The third-order valence-electron chi connectivity index (χ3n) is 4.01. The van der Waals surface area contributed by atoms with Crippen molar-refractivity contribution in [2.75, 3.05) is 5.32 Å². The van der Waals surface area contributed by atoms with Gasteiger partial charge >= 0.3 is 0 Å². The summed E-state index contributed by atoms with van der Waals surface area (Å²) in [6.07, 6.45) is 2.28. The Morgan fingerprint density at radius 3 is 3.05 bits per heavy atom. The molecule has 0 radical (unpaired) electrons. The van der Waals surface area contributed by atoms with E-state index in [1.165, 1.54) is 0 Å². The molecule has 1 fully saturated rings. The number of nitrogens with one attached hydrogen (secondary N) is 1. The number of aliphatic hydroxyl groups excluding tert-OH is 1. The van der Waals surface area contributed by atoms with Gasteiger partial charge in [0.15, 0.2) is 5.60 Å². The molecule has 2 heterocycles. The lowest BCUT2D eigenvalue weighted by molar-refractivity contribution is -0.178. The maximum Gasteiger partial charge on any atom is 0.261 e. The molecule has 1 saturated heterocycles. The molecule has 1 aromatic rings. The van der Waals surface area contributed by atoms with Crippen LogP contribution in [0.5, 0.6) is 0 Å². The first-order valence-electron chi connectivity index (χ1n) is 6.92. The van der Waals surface area contributed by atoms with E-state index in [2.05, 4.69) is 12.2 Å². The largest absolute Gasteiger partial charge is 0.393 e. The number of carbonyl (C=O) groups is 1. The first kappa shape index (κ1) is 12.6. The summed E-state index contributed by atoms with van der Waals surface area (Å²) >= 11 is 0. The van der Waals surface area contributed by atoms with Gasteiger partial charge in [-0.2, -0.15) is 0 Å². The van der Waals surface area contributed by atoms with E-state index in [4.69, 9.17) is 4.74 Å². The lowest BCUT2D eigenvalue weighted by atomic mass is 9.84. The predicted octanol–water partition coefficient (Wildman–Crippen LogP) is 2.17. The maximum atomic E-state index is 12.4. The lowest BCUT2D eigenvalue weighted by Crippen LogP contribution is -2.48. The molecule has 0 saturated carbocycles. The summed E-state index contributed by atoms with van der Waals surface area (Å²) in [5.74, 6) is -0.145. The van der Waals surface area contributed by atoms with Crippen molar-refractivity contribution in [1.29, 1.82) is 0 Å². The number of hydrogen-bond acceptors (Lipinski definition) is 3. The maximum absolute atomic E-state index is 12.4. The summed E-state index contributed by atoms with van der Waals surface area (Å²) in [5.41, 5.74) is 0.672. The van der Waals surface area contributed by atoms with E-state index >= 15 is 0 Å². The third-order valence-corrected chi connectivity index (χ3v) is 4.01. The number of hydrogen-bond donors (Lipinski definition) is 2. The van der Waals surface area contributed by atoms with Crippen LogP contribution in [0.2, 0.25) is 0 Å². The molecule has 0 aromatic heterocycles. The van der Waals surface area contributed by atoms with Crippen molar-refractivity contribution >= 4 is 11.6 Å². The molecule has 1 spiro atoms. The lowest BCUT2D eigenvalue weighted by Gasteiger charge is -2.39.